The van der Waals surface area contributed by atoms with E-state index in [-0.39, 0.29) is 0 Å². The smallest absolute Gasteiger partial charge is 0.145 e. The first-order valence-corrected chi connectivity index (χ1v) is 6.21. The van der Waals surface area contributed by atoms with Crippen molar-refractivity contribution >= 4 is 33.6 Å². The third kappa shape index (κ3) is 1.35. The van der Waals surface area contributed by atoms with Crippen LogP contribution in [-0.4, -0.2) is 12.1 Å². The Balaban J connectivity index is 2.30. The number of nitrogens with one attached hydrogen (secondary N) is 1. The van der Waals surface area contributed by atoms with Gasteiger partial charge in [0.25, 0.3) is 0 Å². The Kier molecular flexibility index (Phi) is 2.03. The minimum absolute atomic E-state index is 0.808. The normalized spacial score (nSPS) is 12.7. The van der Waals surface area contributed by atoms with Crippen molar-refractivity contribution in [3.05, 3.63) is 48.2 Å². The Morgan fingerprint density at radius 1 is 1.11 bits per heavy atom. The van der Waals surface area contributed by atoms with Gasteiger partial charge in [0.1, 0.15) is 11.3 Å². The zero-order valence-electron chi connectivity index (χ0n) is 10.5. The van der Waals surface area contributed by atoms with Crippen LogP contribution in [0.4, 0.5) is 5.69 Å². The number of rotatable bonds is 1. The van der Waals surface area contributed by atoms with Crippen molar-refractivity contribution in [3.63, 3.8) is 0 Å². The molecule has 1 N–H and O–H groups in total. The number of benzene rings is 2. The molecule has 0 atom stereocenters. The first kappa shape index (κ1) is 10.4. The number of anilines is 1. The fourth-order valence-corrected chi connectivity index (χ4v) is 2.68. The lowest BCUT2D eigenvalue weighted by Gasteiger charge is -2.17. The fraction of sp³-hybridized carbons (Fsp3) is 0.0625. The molecule has 1 aliphatic rings. The van der Waals surface area contributed by atoms with Crippen LogP contribution in [0, 0.1) is 0 Å². The Morgan fingerprint density at radius 3 is 2.89 bits per heavy atom. The maximum atomic E-state index is 5.44. The van der Waals surface area contributed by atoms with E-state index >= 15 is 0 Å². The van der Waals surface area contributed by atoms with Crippen LogP contribution in [-0.2, 0) is 0 Å². The van der Waals surface area contributed by atoms with Crippen LogP contribution >= 0.6 is 0 Å². The predicted octanol–water partition coefficient (Wildman–Crippen LogP) is 3.79. The molecule has 2 aromatic carbocycles. The van der Waals surface area contributed by atoms with Crippen molar-refractivity contribution in [1.82, 2.24) is 4.98 Å². The molecule has 0 amide bonds. The first-order chi connectivity index (χ1) is 9.38. The highest BCUT2D eigenvalue weighted by molar-refractivity contribution is 6.11. The number of pyridine rings is 1. The molecule has 0 fully saturated rings. The summed E-state index contributed by atoms with van der Waals surface area (Å²) >= 11 is 0. The molecule has 3 aromatic rings. The predicted molar refractivity (Wildman–Crippen MR) is 78.5 cm³/mol. The number of methoxy groups -OCH3 is 1. The number of hydrogen-bond donors (Lipinski definition) is 1. The van der Waals surface area contributed by atoms with E-state index in [9.17, 15) is 0 Å². The van der Waals surface area contributed by atoms with Crippen molar-refractivity contribution in [2.45, 2.75) is 0 Å². The summed E-state index contributed by atoms with van der Waals surface area (Å²) in [6.07, 6.45) is 4.06. The summed E-state index contributed by atoms with van der Waals surface area (Å²) in [7, 11) is 1.68. The lowest BCUT2D eigenvalue weighted by atomic mass is 9.99. The number of para-hydroxylation sites is 1. The van der Waals surface area contributed by atoms with Gasteiger partial charge in [-0.1, -0.05) is 18.2 Å². The molecule has 3 heteroatoms. The van der Waals surface area contributed by atoms with Crippen molar-refractivity contribution < 1.29 is 4.74 Å². The number of fused-ring (bicyclic) bond motifs is 2. The van der Waals surface area contributed by atoms with E-state index in [1.165, 1.54) is 10.9 Å². The van der Waals surface area contributed by atoms with Crippen LogP contribution in [0.5, 0.6) is 5.75 Å². The largest absolute Gasteiger partial charge is 0.494 e. The third-order valence-electron chi connectivity index (χ3n) is 3.55. The summed E-state index contributed by atoms with van der Waals surface area (Å²) < 4.78 is 5.44. The van der Waals surface area contributed by atoms with Crippen LogP contribution in [0.15, 0.2) is 42.6 Å². The van der Waals surface area contributed by atoms with Crippen LogP contribution in [0.25, 0.3) is 27.9 Å². The second-order valence-electron chi connectivity index (χ2n) is 4.56. The molecule has 0 bridgehead atoms. The number of hydrogen-bond acceptors (Lipinski definition) is 3. The summed E-state index contributed by atoms with van der Waals surface area (Å²) in [5.74, 6) is 0.808. The summed E-state index contributed by atoms with van der Waals surface area (Å²) in [5, 5.41) is 5.56. The van der Waals surface area contributed by atoms with Gasteiger partial charge in [-0.3, -0.25) is 0 Å². The fourth-order valence-electron chi connectivity index (χ4n) is 2.68. The molecule has 3 nitrogen and oxygen atoms in total. The van der Waals surface area contributed by atoms with Gasteiger partial charge in [0.05, 0.1) is 12.6 Å². The average molecular weight is 248 g/mol. The summed E-state index contributed by atoms with van der Waals surface area (Å²) in [5.41, 5.74) is 4.18. The van der Waals surface area contributed by atoms with Gasteiger partial charge in [-0.05, 0) is 29.8 Å². The zero-order valence-corrected chi connectivity index (χ0v) is 10.5. The summed E-state index contributed by atoms with van der Waals surface area (Å²) in [4.78, 5) is 4.75. The Hall–Kier alpha value is -2.55. The zero-order chi connectivity index (χ0) is 12.8. The molecule has 92 valence electrons. The van der Waals surface area contributed by atoms with Crippen LogP contribution in [0.3, 0.4) is 0 Å². The van der Waals surface area contributed by atoms with Crippen molar-refractivity contribution in [1.29, 1.82) is 0 Å². The highest BCUT2D eigenvalue weighted by Gasteiger charge is 2.16. The second kappa shape index (κ2) is 3.72. The molecule has 0 radical (unpaired) electrons. The summed E-state index contributed by atoms with van der Waals surface area (Å²) in [6, 6.07) is 12.2. The van der Waals surface area contributed by atoms with Crippen LogP contribution in [0.1, 0.15) is 5.56 Å². The van der Waals surface area contributed by atoms with Crippen LogP contribution < -0.4 is 10.1 Å². The molecule has 2 heterocycles. The standard InChI is InChI=1S/C16H12N2O/c1-19-14-7-6-13-15-11(8-9-17-13)10-4-2-3-5-12(10)18-16(14)15/h2-9,17H,1H3. The average Bonchev–Trinajstić information content (AvgIpc) is 2.48. The molecule has 4 rings (SSSR count). The highest BCUT2D eigenvalue weighted by atomic mass is 16.5. The van der Waals surface area contributed by atoms with Gasteiger partial charge in [0, 0.05) is 22.7 Å². The van der Waals surface area contributed by atoms with E-state index in [0.717, 1.165) is 27.9 Å². The Morgan fingerprint density at radius 2 is 2.00 bits per heavy atom. The van der Waals surface area contributed by atoms with Crippen molar-refractivity contribution in [2.24, 2.45) is 0 Å². The van der Waals surface area contributed by atoms with E-state index in [0.29, 0.717) is 0 Å². The lowest BCUT2D eigenvalue weighted by molar-refractivity contribution is 0.419. The lowest BCUT2D eigenvalue weighted by Crippen LogP contribution is -2.00. The number of nitrogens with zero attached hydrogens (tertiary/aromatic N) is 1. The molecule has 0 aliphatic carbocycles. The summed E-state index contributed by atoms with van der Waals surface area (Å²) in [6.45, 7) is 0. The minimum atomic E-state index is 0.808. The van der Waals surface area contributed by atoms with Gasteiger partial charge >= 0.3 is 0 Å². The number of ether oxygens (including phenoxy) is 1. The van der Waals surface area contributed by atoms with Gasteiger partial charge in [-0.2, -0.15) is 0 Å². The molecule has 0 unspecified atom stereocenters. The van der Waals surface area contributed by atoms with Gasteiger partial charge in [0.2, 0.25) is 0 Å². The van der Waals surface area contributed by atoms with E-state index < -0.39 is 0 Å². The van der Waals surface area contributed by atoms with E-state index in [2.05, 4.69) is 17.5 Å². The van der Waals surface area contributed by atoms with Gasteiger partial charge in [-0.25, -0.2) is 4.98 Å². The van der Waals surface area contributed by atoms with E-state index in [1.54, 1.807) is 7.11 Å². The quantitative estimate of drug-likeness (QED) is 0.665. The van der Waals surface area contributed by atoms with Gasteiger partial charge in [-0.15, -0.1) is 0 Å². The molecule has 19 heavy (non-hydrogen) atoms. The molecular formula is C16H12N2O. The molecule has 0 spiro atoms. The van der Waals surface area contributed by atoms with E-state index in [4.69, 9.17) is 9.72 Å². The first-order valence-electron chi connectivity index (χ1n) is 6.21. The topological polar surface area (TPSA) is 34.1 Å². The maximum absolute atomic E-state index is 5.44. The minimum Gasteiger partial charge on any atom is -0.494 e. The van der Waals surface area contributed by atoms with Gasteiger partial charge in [0.15, 0.2) is 0 Å². The SMILES string of the molecule is COc1ccc2c3c(c4ccccc4nc13)C=CN2. The van der Waals surface area contributed by atoms with E-state index in [1.807, 2.05) is 36.5 Å². The maximum Gasteiger partial charge on any atom is 0.145 e. The second-order valence-corrected chi connectivity index (χ2v) is 4.56. The molecule has 1 aromatic heterocycles. The number of aromatic nitrogens is 1. The molecule has 0 saturated heterocycles. The Bertz CT molecular complexity index is 837. The monoisotopic (exact) mass is 248 g/mol. The molecular weight excluding hydrogens is 236 g/mol. The molecule has 0 saturated carbocycles. The van der Waals surface area contributed by atoms with Crippen molar-refractivity contribution in [3.8, 4) is 5.75 Å². The Labute approximate surface area is 110 Å². The highest BCUT2D eigenvalue weighted by Crippen LogP contribution is 2.38. The van der Waals surface area contributed by atoms with Crippen molar-refractivity contribution in [2.75, 3.05) is 12.4 Å². The van der Waals surface area contributed by atoms with Gasteiger partial charge < -0.3 is 10.1 Å². The van der Waals surface area contributed by atoms with Crippen LogP contribution in [0.2, 0.25) is 0 Å². The third-order valence-corrected chi connectivity index (χ3v) is 3.55. The molecule has 1 aliphatic heterocycles.